The number of hydrogen-bond donors (Lipinski definition) is 1. The van der Waals surface area contributed by atoms with Crippen LogP contribution in [0, 0.1) is 11.6 Å². The lowest BCUT2D eigenvalue weighted by Crippen LogP contribution is -2.54. The van der Waals surface area contributed by atoms with E-state index < -0.39 is 29.4 Å². The Balaban J connectivity index is 1.26. The molecule has 2 aromatic carbocycles. The van der Waals surface area contributed by atoms with Crippen molar-refractivity contribution in [1.82, 2.24) is 20.1 Å². The van der Waals surface area contributed by atoms with Gasteiger partial charge in [0.05, 0.1) is 11.6 Å². The van der Waals surface area contributed by atoms with Gasteiger partial charge in [0.1, 0.15) is 17.5 Å². The van der Waals surface area contributed by atoms with Gasteiger partial charge in [-0.2, -0.15) is 13.2 Å². The van der Waals surface area contributed by atoms with Crippen LogP contribution in [0.1, 0.15) is 23.1 Å². The van der Waals surface area contributed by atoms with E-state index in [1.54, 1.807) is 9.80 Å². The Morgan fingerprint density at radius 1 is 0.975 bits per heavy atom. The topological polar surface area (TPSA) is 51.7 Å². The molecule has 0 radical (unpaired) electrons. The van der Waals surface area contributed by atoms with Crippen LogP contribution in [0.2, 0.25) is 0 Å². The van der Waals surface area contributed by atoms with Gasteiger partial charge in [-0.15, -0.1) is 0 Å². The summed E-state index contributed by atoms with van der Waals surface area (Å²) in [5.74, 6) is -1.46. The molecule has 2 aliphatic rings. The third-order valence-corrected chi connectivity index (χ3v) is 7.50. The molecule has 0 saturated carbocycles. The Labute approximate surface area is 229 Å². The number of amides is 1. The number of carbonyl (C=O) groups excluding carboxylic acids is 1. The third kappa shape index (κ3) is 6.42. The molecule has 0 aliphatic carbocycles. The van der Waals surface area contributed by atoms with Crippen LogP contribution < -0.4 is 10.2 Å². The van der Waals surface area contributed by atoms with E-state index in [1.165, 1.54) is 24.4 Å². The molecule has 1 aromatic heterocycles. The molecule has 0 spiro atoms. The van der Waals surface area contributed by atoms with E-state index in [1.807, 2.05) is 30.3 Å². The number of anilines is 1. The molecule has 3 heterocycles. The lowest BCUT2D eigenvalue weighted by Gasteiger charge is -2.38. The van der Waals surface area contributed by atoms with Crippen molar-refractivity contribution in [3.8, 4) is 0 Å². The summed E-state index contributed by atoms with van der Waals surface area (Å²) in [4.78, 5) is 23.1. The number of likely N-dealkylation sites (tertiary alicyclic amines) is 1. The van der Waals surface area contributed by atoms with Gasteiger partial charge in [0.15, 0.2) is 0 Å². The highest BCUT2D eigenvalue weighted by atomic mass is 19.4. The molecule has 6 nitrogen and oxygen atoms in total. The second-order valence-electron chi connectivity index (χ2n) is 10.2. The highest BCUT2D eigenvalue weighted by Gasteiger charge is 2.40. The van der Waals surface area contributed by atoms with Crippen molar-refractivity contribution < 1.29 is 26.7 Å². The minimum absolute atomic E-state index is 0.0788. The van der Waals surface area contributed by atoms with Crippen molar-refractivity contribution in [3.63, 3.8) is 0 Å². The van der Waals surface area contributed by atoms with Gasteiger partial charge in [0.25, 0.3) is 0 Å². The highest BCUT2D eigenvalue weighted by molar-refractivity contribution is 5.82. The molecule has 2 saturated heterocycles. The molecule has 2 unspecified atom stereocenters. The summed E-state index contributed by atoms with van der Waals surface area (Å²) in [6.45, 7) is 2.33. The predicted octanol–water partition coefficient (Wildman–Crippen LogP) is 4.46. The summed E-state index contributed by atoms with van der Waals surface area (Å²) in [6, 6.07) is 15.0. The Morgan fingerprint density at radius 3 is 2.42 bits per heavy atom. The Bertz CT molecular complexity index is 1310. The summed E-state index contributed by atoms with van der Waals surface area (Å²) in [6.07, 6.45) is -2.68. The van der Waals surface area contributed by atoms with Gasteiger partial charge >= 0.3 is 6.18 Å². The fourth-order valence-electron chi connectivity index (χ4n) is 5.44. The lowest BCUT2D eigenvalue weighted by atomic mass is 10.1. The summed E-state index contributed by atoms with van der Waals surface area (Å²) >= 11 is 0. The lowest BCUT2D eigenvalue weighted by molar-refractivity contribution is -0.138. The zero-order valence-electron chi connectivity index (χ0n) is 21.7. The average Bonchev–Trinajstić information content (AvgIpc) is 3.34. The first-order chi connectivity index (χ1) is 19.2. The quantitative estimate of drug-likeness (QED) is 0.434. The number of nitrogens with zero attached hydrogens (tertiary/aromatic N) is 4. The number of hydrogen-bond acceptors (Lipinski definition) is 5. The normalized spacial score (nSPS) is 20.2. The molecular formula is C29H30F5N5O. The molecule has 2 fully saturated rings. The Morgan fingerprint density at radius 2 is 1.73 bits per heavy atom. The molecule has 1 N–H and O–H groups in total. The van der Waals surface area contributed by atoms with Gasteiger partial charge in [-0.05, 0) is 30.2 Å². The van der Waals surface area contributed by atoms with E-state index in [9.17, 15) is 26.7 Å². The zero-order valence-corrected chi connectivity index (χ0v) is 21.7. The first-order valence-corrected chi connectivity index (χ1v) is 13.2. The first-order valence-electron chi connectivity index (χ1n) is 13.2. The van der Waals surface area contributed by atoms with Crippen LogP contribution in [0.15, 0.2) is 66.9 Å². The number of carbonyl (C=O) groups is 1. The van der Waals surface area contributed by atoms with Crippen molar-refractivity contribution in [2.24, 2.45) is 0 Å². The van der Waals surface area contributed by atoms with Gasteiger partial charge in [-0.25, -0.2) is 13.8 Å². The van der Waals surface area contributed by atoms with E-state index in [0.29, 0.717) is 25.1 Å². The van der Waals surface area contributed by atoms with E-state index in [4.69, 9.17) is 0 Å². The number of alkyl halides is 3. The number of pyridine rings is 1. The van der Waals surface area contributed by atoms with E-state index >= 15 is 0 Å². The maximum absolute atomic E-state index is 14.2. The van der Waals surface area contributed by atoms with Crippen LogP contribution in [0.3, 0.4) is 0 Å². The van der Waals surface area contributed by atoms with E-state index in [0.717, 1.165) is 17.7 Å². The monoisotopic (exact) mass is 559 g/mol. The van der Waals surface area contributed by atoms with Crippen LogP contribution in [0.4, 0.5) is 27.8 Å². The molecular weight excluding hydrogens is 529 g/mol. The number of benzene rings is 2. The fourth-order valence-corrected chi connectivity index (χ4v) is 5.44. The van der Waals surface area contributed by atoms with E-state index in [2.05, 4.69) is 15.2 Å². The molecule has 212 valence electrons. The second kappa shape index (κ2) is 11.9. The van der Waals surface area contributed by atoms with Crippen molar-refractivity contribution in [2.75, 3.05) is 37.6 Å². The summed E-state index contributed by atoms with van der Waals surface area (Å²) in [5, 5.41) is 3.31. The Hall–Kier alpha value is -3.57. The van der Waals surface area contributed by atoms with Gasteiger partial charge in [0, 0.05) is 69.7 Å². The van der Waals surface area contributed by atoms with Gasteiger partial charge < -0.3 is 15.1 Å². The Kier molecular flexibility index (Phi) is 8.32. The van der Waals surface area contributed by atoms with Crippen LogP contribution in [0.25, 0.3) is 0 Å². The van der Waals surface area contributed by atoms with E-state index in [-0.39, 0.29) is 50.5 Å². The fraction of sp³-hybridized carbons (Fsp3) is 0.379. The molecule has 3 aromatic rings. The van der Waals surface area contributed by atoms with Gasteiger partial charge in [-0.3, -0.25) is 9.69 Å². The minimum Gasteiger partial charge on any atom is -0.353 e. The molecule has 40 heavy (non-hydrogen) atoms. The second-order valence-corrected chi connectivity index (χ2v) is 10.2. The maximum atomic E-state index is 14.2. The average molecular weight is 560 g/mol. The minimum atomic E-state index is -4.52. The van der Waals surface area contributed by atoms with Crippen LogP contribution >= 0.6 is 0 Å². The number of nitrogens with one attached hydrogen (secondary N) is 1. The van der Waals surface area contributed by atoms with Gasteiger partial charge in [-0.1, -0.05) is 36.4 Å². The number of rotatable bonds is 7. The molecule has 2 atom stereocenters. The van der Waals surface area contributed by atoms with Crippen molar-refractivity contribution in [1.29, 1.82) is 0 Å². The number of aromatic nitrogens is 1. The number of halogens is 5. The largest absolute Gasteiger partial charge is 0.419 e. The molecule has 5 rings (SSSR count). The van der Waals surface area contributed by atoms with Crippen LogP contribution in [-0.4, -0.2) is 65.5 Å². The molecule has 1 amide bonds. The SMILES string of the molecule is O=C(C1CC(NCc2ccc(F)cc2F)CN1Cc1ccccc1)N1CCN(c2ncccc2C(F)(F)F)CC1. The van der Waals surface area contributed by atoms with Crippen molar-refractivity contribution >= 4 is 11.7 Å². The van der Waals surface area contributed by atoms with Crippen LogP contribution in [-0.2, 0) is 24.1 Å². The standard InChI is InChI=1S/C29H30F5N5O/c30-22-9-8-21(25(31)15-22)17-36-23-16-26(39(19-23)18-20-5-2-1-3-6-20)28(40)38-13-11-37(12-14-38)27-24(29(32,33)34)7-4-10-35-27/h1-10,15,23,26,36H,11-14,16-19H2. The van der Waals surface area contributed by atoms with Crippen molar-refractivity contribution in [2.45, 2.75) is 37.8 Å². The summed E-state index contributed by atoms with van der Waals surface area (Å²) in [5.41, 5.74) is 0.603. The number of piperazine rings is 1. The predicted molar refractivity (Wildman–Crippen MR) is 140 cm³/mol. The maximum Gasteiger partial charge on any atom is 0.419 e. The molecule has 11 heteroatoms. The third-order valence-electron chi connectivity index (χ3n) is 7.50. The summed E-state index contributed by atoms with van der Waals surface area (Å²) < 4.78 is 68.0. The first kappa shape index (κ1) is 28.0. The van der Waals surface area contributed by atoms with Crippen molar-refractivity contribution in [3.05, 3.63) is 95.2 Å². The summed E-state index contributed by atoms with van der Waals surface area (Å²) in [7, 11) is 0. The zero-order chi connectivity index (χ0) is 28.3. The molecule has 2 aliphatic heterocycles. The van der Waals surface area contributed by atoms with Gasteiger partial charge in [0.2, 0.25) is 5.91 Å². The smallest absolute Gasteiger partial charge is 0.353 e. The molecule has 0 bridgehead atoms. The highest BCUT2D eigenvalue weighted by Crippen LogP contribution is 2.35. The van der Waals surface area contributed by atoms with Crippen LogP contribution in [0.5, 0.6) is 0 Å².